The summed E-state index contributed by atoms with van der Waals surface area (Å²) >= 11 is 0. The Labute approximate surface area is 126 Å². The number of aryl methyl sites for hydroxylation is 1. The fraction of sp³-hybridized carbons (Fsp3) is 0.529. The van der Waals surface area contributed by atoms with Gasteiger partial charge in [0.1, 0.15) is 5.82 Å². The summed E-state index contributed by atoms with van der Waals surface area (Å²) in [6.45, 7) is 7.57. The average Bonchev–Trinajstić information content (AvgIpc) is 3.22. The lowest BCUT2D eigenvalue weighted by molar-refractivity contribution is -0.131. The lowest BCUT2D eigenvalue weighted by Crippen LogP contribution is -2.29. The van der Waals surface area contributed by atoms with Crippen molar-refractivity contribution in [3.05, 3.63) is 29.5 Å². The summed E-state index contributed by atoms with van der Waals surface area (Å²) in [4.78, 5) is 17.6. The SMILES string of the molecule is Cc1cc(/C=C/C(=O)O)cnc1N(CCC(C)C)C1CC1. The lowest BCUT2D eigenvalue weighted by Gasteiger charge is -2.26. The van der Waals surface area contributed by atoms with Crippen molar-refractivity contribution in [1.82, 2.24) is 4.98 Å². The number of carbonyl (C=O) groups is 1. The Bertz CT molecular complexity index is 534. The third-order valence-electron chi connectivity index (χ3n) is 3.70. The van der Waals surface area contributed by atoms with Gasteiger partial charge in [0.25, 0.3) is 0 Å². The van der Waals surface area contributed by atoms with Gasteiger partial charge in [0.15, 0.2) is 0 Å². The van der Waals surface area contributed by atoms with Crippen LogP contribution in [0, 0.1) is 12.8 Å². The predicted octanol–water partition coefficient (Wildman–Crippen LogP) is 3.50. The van der Waals surface area contributed by atoms with Crippen molar-refractivity contribution in [2.45, 2.75) is 46.1 Å². The highest BCUT2D eigenvalue weighted by Crippen LogP contribution is 2.33. The van der Waals surface area contributed by atoms with Gasteiger partial charge in [-0.25, -0.2) is 9.78 Å². The molecule has 1 aromatic heterocycles. The summed E-state index contributed by atoms with van der Waals surface area (Å²) in [5.41, 5.74) is 1.94. The summed E-state index contributed by atoms with van der Waals surface area (Å²) in [6.07, 6.45) is 8.15. The molecule has 0 aliphatic heterocycles. The average molecular weight is 288 g/mol. The van der Waals surface area contributed by atoms with Gasteiger partial charge < -0.3 is 10.0 Å². The largest absolute Gasteiger partial charge is 0.478 e. The van der Waals surface area contributed by atoms with Gasteiger partial charge in [-0.2, -0.15) is 0 Å². The highest BCUT2D eigenvalue weighted by Gasteiger charge is 2.30. The van der Waals surface area contributed by atoms with Crippen LogP contribution >= 0.6 is 0 Å². The summed E-state index contributed by atoms with van der Waals surface area (Å²) in [7, 11) is 0. The summed E-state index contributed by atoms with van der Waals surface area (Å²) in [5, 5.41) is 8.67. The van der Waals surface area contributed by atoms with E-state index in [0.29, 0.717) is 12.0 Å². The molecule has 2 rings (SSSR count). The van der Waals surface area contributed by atoms with Crippen LogP contribution in [-0.4, -0.2) is 28.6 Å². The van der Waals surface area contributed by atoms with E-state index in [0.717, 1.165) is 36.0 Å². The van der Waals surface area contributed by atoms with Crippen LogP contribution in [0.4, 0.5) is 5.82 Å². The normalized spacial score (nSPS) is 14.9. The van der Waals surface area contributed by atoms with Crippen molar-refractivity contribution in [3.8, 4) is 0 Å². The first kappa shape index (κ1) is 15.5. The number of hydrogen-bond acceptors (Lipinski definition) is 3. The minimum atomic E-state index is -0.937. The fourth-order valence-electron chi connectivity index (χ4n) is 2.39. The first-order valence-electron chi connectivity index (χ1n) is 7.61. The third-order valence-corrected chi connectivity index (χ3v) is 3.70. The second kappa shape index (κ2) is 6.74. The molecule has 114 valence electrons. The molecule has 0 aromatic carbocycles. The second-order valence-corrected chi connectivity index (χ2v) is 6.19. The molecular formula is C17H24N2O2. The number of aromatic nitrogens is 1. The smallest absolute Gasteiger partial charge is 0.328 e. The molecule has 0 spiro atoms. The number of rotatable bonds is 7. The van der Waals surface area contributed by atoms with E-state index in [1.165, 1.54) is 12.8 Å². The van der Waals surface area contributed by atoms with Crippen molar-refractivity contribution in [2.24, 2.45) is 5.92 Å². The summed E-state index contributed by atoms with van der Waals surface area (Å²) < 4.78 is 0. The van der Waals surface area contributed by atoms with Gasteiger partial charge in [0.05, 0.1) is 0 Å². The molecule has 1 heterocycles. The highest BCUT2D eigenvalue weighted by molar-refractivity contribution is 5.85. The predicted molar refractivity (Wildman–Crippen MR) is 85.5 cm³/mol. The molecule has 4 heteroatoms. The van der Waals surface area contributed by atoms with Crippen LogP contribution in [0.15, 0.2) is 18.3 Å². The molecule has 0 unspecified atom stereocenters. The Hall–Kier alpha value is -1.84. The van der Waals surface area contributed by atoms with Gasteiger partial charge >= 0.3 is 5.97 Å². The minimum Gasteiger partial charge on any atom is -0.478 e. The number of anilines is 1. The van der Waals surface area contributed by atoms with E-state index in [1.807, 2.05) is 13.0 Å². The van der Waals surface area contributed by atoms with Gasteiger partial charge in [-0.05, 0) is 55.4 Å². The molecule has 1 N–H and O–H groups in total. The van der Waals surface area contributed by atoms with E-state index in [1.54, 1.807) is 12.3 Å². The van der Waals surface area contributed by atoms with Gasteiger partial charge in [-0.1, -0.05) is 13.8 Å². The monoisotopic (exact) mass is 288 g/mol. The number of pyridine rings is 1. The maximum Gasteiger partial charge on any atom is 0.328 e. The summed E-state index contributed by atoms with van der Waals surface area (Å²) in [5.74, 6) is 0.795. The first-order valence-corrected chi connectivity index (χ1v) is 7.61. The third kappa shape index (κ3) is 4.59. The van der Waals surface area contributed by atoms with E-state index in [2.05, 4.69) is 23.7 Å². The van der Waals surface area contributed by atoms with Crippen LogP contribution < -0.4 is 4.90 Å². The van der Waals surface area contributed by atoms with E-state index < -0.39 is 5.97 Å². The molecule has 0 amide bonds. The molecule has 0 atom stereocenters. The zero-order valence-corrected chi connectivity index (χ0v) is 13.0. The van der Waals surface area contributed by atoms with Crippen LogP contribution in [0.2, 0.25) is 0 Å². The van der Waals surface area contributed by atoms with E-state index >= 15 is 0 Å². The maximum absolute atomic E-state index is 10.6. The Morgan fingerprint density at radius 1 is 1.52 bits per heavy atom. The molecule has 21 heavy (non-hydrogen) atoms. The number of aliphatic carboxylic acids is 1. The Morgan fingerprint density at radius 2 is 2.24 bits per heavy atom. The maximum atomic E-state index is 10.6. The number of carboxylic acid groups (broad SMARTS) is 1. The van der Waals surface area contributed by atoms with Crippen molar-refractivity contribution >= 4 is 17.9 Å². The van der Waals surface area contributed by atoms with Crippen molar-refractivity contribution in [1.29, 1.82) is 0 Å². The molecule has 1 aliphatic rings. The molecular weight excluding hydrogens is 264 g/mol. The summed E-state index contributed by atoms with van der Waals surface area (Å²) in [6, 6.07) is 2.64. The molecule has 1 saturated carbocycles. The van der Waals surface area contributed by atoms with Crippen LogP contribution in [0.1, 0.15) is 44.2 Å². The Morgan fingerprint density at radius 3 is 2.76 bits per heavy atom. The Kier molecular flexibility index (Phi) is 4.99. The standard InChI is InChI=1S/C17H24N2O2/c1-12(2)8-9-19(15-5-6-15)17-13(3)10-14(11-18-17)4-7-16(20)21/h4,7,10-12,15H,5-6,8-9H2,1-3H3,(H,20,21)/b7-4+. The van der Waals surface area contributed by atoms with Gasteiger partial charge in [0, 0.05) is 24.9 Å². The van der Waals surface area contributed by atoms with E-state index in [9.17, 15) is 4.79 Å². The van der Waals surface area contributed by atoms with Crippen LogP contribution in [0.3, 0.4) is 0 Å². The number of hydrogen-bond donors (Lipinski definition) is 1. The van der Waals surface area contributed by atoms with Gasteiger partial charge in [-0.15, -0.1) is 0 Å². The van der Waals surface area contributed by atoms with Gasteiger partial charge in [-0.3, -0.25) is 0 Å². The van der Waals surface area contributed by atoms with Crippen LogP contribution in [0.5, 0.6) is 0 Å². The Balaban J connectivity index is 2.15. The van der Waals surface area contributed by atoms with E-state index in [4.69, 9.17) is 5.11 Å². The van der Waals surface area contributed by atoms with Crippen molar-refractivity contribution in [2.75, 3.05) is 11.4 Å². The zero-order chi connectivity index (χ0) is 15.4. The molecule has 1 aromatic rings. The van der Waals surface area contributed by atoms with E-state index in [-0.39, 0.29) is 0 Å². The molecule has 0 bridgehead atoms. The second-order valence-electron chi connectivity index (χ2n) is 6.19. The molecule has 0 radical (unpaired) electrons. The zero-order valence-electron chi connectivity index (χ0n) is 13.0. The van der Waals surface area contributed by atoms with Gasteiger partial charge in [0.2, 0.25) is 0 Å². The van der Waals surface area contributed by atoms with Crippen LogP contribution in [0.25, 0.3) is 6.08 Å². The quantitative estimate of drug-likeness (QED) is 0.780. The fourth-order valence-corrected chi connectivity index (χ4v) is 2.39. The van der Waals surface area contributed by atoms with Crippen LogP contribution in [-0.2, 0) is 4.79 Å². The number of nitrogens with zero attached hydrogens (tertiary/aromatic N) is 2. The minimum absolute atomic E-state index is 0.635. The molecule has 4 nitrogen and oxygen atoms in total. The molecule has 1 aliphatic carbocycles. The topological polar surface area (TPSA) is 53.4 Å². The highest BCUT2D eigenvalue weighted by atomic mass is 16.4. The van der Waals surface area contributed by atoms with Crippen molar-refractivity contribution < 1.29 is 9.90 Å². The first-order chi connectivity index (χ1) is 9.97. The number of carboxylic acids is 1. The lowest BCUT2D eigenvalue weighted by atomic mass is 10.1. The molecule has 0 saturated heterocycles. The van der Waals surface area contributed by atoms with Crippen molar-refractivity contribution in [3.63, 3.8) is 0 Å². The molecule has 1 fully saturated rings.